The molecule has 1 unspecified atom stereocenters. The summed E-state index contributed by atoms with van der Waals surface area (Å²) in [5.41, 5.74) is 1.99. The SMILES string of the molecule is OC(COc1ccccc1F)Cn1c(C2CCCCC2)nc2ccccc21. The van der Waals surface area contributed by atoms with Crippen LogP contribution in [-0.4, -0.2) is 27.4 Å². The highest BCUT2D eigenvalue weighted by Gasteiger charge is 2.23. The lowest BCUT2D eigenvalue weighted by Gasteiger charge is -2.23. The number of nitrogens with zero attached hydrogens (tertiary/aromatic N) is 2. The van der Waals surface area contributed by atoms with Gasteiger partial charge in [-0.15, -0.1) is 0 Å². The first-order chi connectivity index (χ1) is 13.2. The molecule has 0 aliphatic heterocycles. The van der Waals surface area contributed by atoms with Gasteiger partial charge in [0.2, 0.25) is 0 Å². The maximum absolute atomic E-state index is 13.7. The quantitative estimate of drug-likeness (QED) is 0.688. The van der Waals surface area contributed by atoms with Crippen LogP contribution in [0.15, 0.2) is 48.5 Å². The van der Waals surface area contributed by atoms with Crippen molar-refractivity contribution in [2.45, 2.75) is 50.7 Å². The van der Waals surface area contributed by atoms with Gasteiger partial charge in [0.15, 0.2) is 11.6 Å². The fraction of sp³-hybridized carbons (Fsp3) is 0.409. The lowest BCUT2D eigenvalue weighted by atomic mass is 9.88. The molecule has 1 heterocycles. The van der Waals surface area contributed by atoms with E-state index in [2.05, 4.69) is 4.57 Å². The summed E-state index contributed by atoms with van der Waals surface area (Å²) in [7, 11) is 0. The van der Waals surface area contributed by atoms with E-state index in [1.165, 1.54) is 25.3 Å². The number of benzene rings is 2. The van der Waals surface area contributed by atoms with Crippen LogP contribution in [0.4, 0.5) is 4.39 Å². The first-order valence-electron chi connectivity index (χ1n) is 9.73. The number of ether oxygens (including phenoxy) is 1. The van der Waals surface area contributed by atoms with Crippen molar-refractivity contribution in [3.8, 4) is 5.75 Å². The number of imidazole rings is 1. The first kappa shape index (κ1) is 18.0. The van der Waals surface area contributed by atoms with Gasteiger partial charge in [-0.1, -0.05) is 43.5 Å². The number of rotatable bonds is 6. The lowest BCUT2D eigenvalue weighted by molar-refractivity contribution is 0.0902. The van der Waals surface area contributed by atoms with Gasteiger partial charge in [0.05, 0.1) is 17.6 Å². The Hall–Kier alpha value is -2.40. The number of hydrogen-bond acceptors (Lipinski definition) is 3. The Morgan fingerprint density at radius 3 is 2.63 bits per heavy atom. The summed E-state index contributed by atoms with van der Waals surface area (Å²) in [6.07, 6.45) is 5.29. The Bertz CT molecular complexity index is 902. The number of aliphatic hydroxyl groups is 1. The molecule has 1 aromatic heterocycles. The fourth-order valence-electron chi connectivity index (χ4n) is 3.97. The molecule has 1 N–H and O–H groups in total. The Balaban J connectivity index is 1.54. The summed E-state index contributed by atoms with van der Waals surface area (Å²) >= 11 is 0. The van der Waals surface area contributed by atoms with Crippen molar-refractivity contribution in [2.24, 2.45) is 0 Å². The molecule has 1 aliphatic carbocycles. The van der Waals surface area contributed by atoms with Gasteiger partial charge in [-0.05, 0) is 37.1 Å². The summed E-state index contributed by atoms with van der Waals surface area (Å²) in [4.78, 5) is 4.87. The van der Waals surface area contributed by atoms with E-state index in [4.69, 9.17) is 9.72 Å². The van der Waals surface area contributed by atoms with Gasteiger partial charge in [0, 0.05) is 5.92 Å². The van der Waals surface area contributed by atoms with E-state index in [1.807, 2.05) is 24.3 Å². The van der Waals surface area contributed by atoms with Crippen molar-refractivity contribution in [3.05, 3.63) is 60.2 Å². The highest BCUT2D eigenvalue weighted by atomic mass is 19.1. The molecule has 0 radical (unpaired) electrons. The molecule has 5 heteroatoms. The van der Waals surface area contributed by atoms with Crippen molar-refractivity contribution in [2.75, 3.05) is 6.61 Å². The van der Waals surface area contributed by atoms with E-state index in [9.17, 15) is 9.50 Å². The second-order valence-electron chi connectivity index (χ2n) is 7.30. The molecule has 1 saturated carbocycles. The first-order valence-corrected chi connectivity index (χ1v) is 9.73. The Morgan fingerprint density at radius 1 is 1.07 bits per heavy atom. The lowest BCUT2D eigenvalue weighted by Crippen LogP contribution is -2.25. The number of aliphatic hydroxyl groups excluding tert-OH is 1. The highest BCUT2D eigenvalue weighted by Crippen LogP contribution is 2.34. The Kier molecular flexibility index (Phi) is 5.39. The monoisotopic (exact) mass is 368 g/mol. The van der Waals surface area contributed by atoms with Crippen molar-refractivity contribution in [1.82, 2.24) is 9.55 Å². The maximum atomic E-state index is 13.7. The van der Waals surface area contributed by atoms with Crippen LogP contribution in [0.2, 0.25) is 0 Å². The number of halogens is 1. The summed E-state index contributed by atoms with van der Waals surface area (Å²) in [6, 6.07) is 14.3. The molecule has 0 saturated heterocycles. The maximum Gasteiger partial charge on any atom is 0.165 e. The van der Waals surface area contributed by atoms with E-state index in [0.717, 1.165) is 29.7 Å². The van der Waals surface area contributed by atoms with E-state index < -0.39 is 11.9 Å². The van der Waals surface area contributed by atoms with Gasteiger partial charge < -0.3 is 14.4 Å². The zero-order valence-corrected chi connectivity index (χ0v) is 15.4. The van der Waals surface area contributed by atoms with Gasteiger partial charge in [-0.25, -0.2) is 9.37 Å². The Labute approximate surface area is 158 Å². The van der Waals surface area contributed by atoms with Crippen molar-refractivity contribution < 1.29 is 14.2 Å². The molecule has 2 aromatic carbocycles. The number of aromatic nitrogens is 2. The molecule has 1 fully saturated rings. The molecule has 4 nitrogen and oxygen atoms in total. The molecule has 0 bridgehead atoms. The second-order valence-corrected chi connectivity index (χ2v) is 7.30. The molecule has 142 valence electrons. The molecule has 4 rings (SSSR count). The summed E-state index contributed by atoms with van der Waals surface area (Å²) in [5.74, 6) is 1.24. The number of para-hydroxylation sites is 3. The summed E-state index contributed by atoms with van der Waals surface area (Å²) < 4.78 is 21.3. The average molecular weight is 368 g/mol. The normalized spacial score (nSPS) is 16.5. The van der Waals surface area contributed by atoms with E-state index in [1.54, 1.807) is 18.2 Å². The van der Waals surface area contributed by atoms with Gasteiger partial charge in [0.1, 0.15) is 18.5 Å². The van der Waals surface area contributed by atoms with Crippen molar-refractivity contribution in [1.29, 1.82) is 0 Å². The molecule has 1 aliphatic rings. The third-order valence-electron chi connectivity index (χ3n) is 5.32. The molecule has 0 spiro atoms. The van der Waals surface area contributed by atoms with Gasteiger partial charge in [-0.2, -0.15) is 0 Å². The van der Waals surface area contributed by atoms with E-state index in [0.29, 0.717) is 12.5 Å². The summed E-state index contributed by atoms with van der Waals surface area (Å²) in [6.45, 7) is 0.429. The van der Waals surface area contributed by atoms with Crippen LogP contribution in [0.5, 0.6) is 5.75 Å². The minimum atomic E-state index is -0.746. The zero-order chi connectivity index (χ0) is 18.6. The van der Waals surface area contributed by atoms with Crippen LogP contribution >= 0.6 is 0 Å². The van der Waals surface area contributed by atoms with E-state index in [-0.39, 0.29) is 12.4 Å². The van der Waals surface area contributed by atoms with Crippen LogP contribution < -0.4 is 4.74 Å². The highest BCUT2D eigenvalue weighted by molar-refractivity contribution is 5.76. The van der Waals surface area contributed by atoms with E-state index >= 15 is 0 Å². The minimum Gasteiger partial charge on any atom is -0.488 e. The van der Waals surface area contributed by atoms with Crippen molar-refractivity contribution in [3.63, 3.8) is 0 Å². The third-order valence-corrected chi connectivity index (χ3v) is 5.32. The van der Waals surface area contributed by atoms with Crippen LogP contribution in [0.3, 0.4) is 0 Å². The molecule has 3 aromatic rings. The summed E-state index contributed by atoms with van der Waals surface area (Å²) in [5, 5.41) is 10.6. The molecule has 0 amide bonds. The molecule has 27 heavy (non-hydrogen) atoms. The van der Waals surface area contributed by atoms with Crippen LogP contribution in [0.1, 0.15) is 43.8 Å². The predicted octanol–water partition coefficient (Wildman–Crippen LogP) is 4.66. The third kappa shape index (κ3) is 3.98. The fourth-order valence-corrected chi connectivity index (χ4v) is 3.97. The molecular formula is C22H25FN2O2. The minimum absolute atomic E-state index is 0.0392. The zero-order valence-electron chi connectivity index (χ0n) is 15.4. The van der Waals surface area contributed by atoms with Gasteiger partial charge in [0.25, 0.3) is 0 Å². The topological polar surface area (TPSA) is 47.3 Å². The van der Waals surface area contributed by atoms with Gasteiger partial charge >= 0.3 is 0 Å². The molecule has 1 atom stereocenters. The number of hydrogen-bond donors (Lipinski definition) is 1. The Morgan fingerprint density at radius 2 is 1.81 bits per heavy atom. The van der Waals surface area contributed by atoms with Gasteiger partial charge in [-0.3, -0.25) is 0 Å². The van der Waals surface area contributed by atoms with Crippen LogP contribution in [0, 0.1) is 5.82 Å². The van der Waals surface area contributed by atoms with Crippen LogP contribution in [-0.2, 0) is 6.54 Å². The largest absolute Gasteiger partial charge is 0.488 e. The van der Waals surface area contributed by atoms with Crippen molar-refractivity contribution >= 4 is 11.0 Å². The second kappa shape index (κ2) is 8.09. The smallest absolute Gasteiger partial charge is 0.165 e. The predicted molar refractivity (Wildman–Crippen MR) is 103 cm³/mol. The standard InChI is InChI=1S/C22H25FN2O2/c23-18-10-4-7-13-21(18)27-15-17(26)14-25-20-12-6-5-11-19(20)24-22(25)16-8-2-1-3-9-16/h4-7,10-13,16-17,26H,1-3,8-9,14-15H2. The number of fused-ring (bicyclic) bond motifs is 1. The average Bonchev–Trinajstić information content (AvgIpc) is 3.06. The molecular weight excluding hydrogens is 343 g/mol. The van der Waals surface area contributed by atoms with Crippen LogP contribution in [0.25, 0.3) is 11.0 Å².